The molecule has 1 N–H and O–H groups in total. The first-order chi connectivity index (χ1) is 15.0. The highest BCUT2D eigenvalue weighted by molar-refractivity contribution is 7.07. The molecule has 0 aromatic carbocycles. The van der Waals surface area contributed by atoms with E-state index in [4.69, 9.17) is 9.47 Å². The van der Waals surface area contributed by atoms with Gasteiger partial charge in [0.1, 0.15) is 12.4 Å². The zero-order valence-corrected chi connectivity index (χ0v) is 19.2. The monoisotopic (exact) mass is 441 g/mol. The molecule has 2 aliphatic heterocycles. The van der Waals surface area contributed by atoms with Crippen LogP contribution in [0, 0.1) is 11.8 Å². The van der Waals surface area contributed by atoms with Crippen LogP contribution in [0.2, 0.25) is 0 Å². The molecule has 166 valence electrons. The Kier molecular flexibility index (Phi) is 8.37. The summed E-state index contributed by atoms with van der Waals surface area (Å²) in [5.41, 5.74) is 5.81. The second-order valence-electron chi connectivity index (χ2n) is 7.88. The molecule has 0 fully saturated rings. The Morgan fingerprint density at radius 2 is 2.35 bits per heavy atom. The van der Waals surface area contributed by atoms with Crippen LogP contribution in [0.1, 0.15) is 45.6 Å². The number of thiophene rings is 1. The highest BCUT2D eigenvalue weighted by atomic mass is 32.1. The van der Waals surface area contributed by atoms with Gasteiger partial charge in [-0.2, -0.15) is 16.4 Å². The second-order valence-corrected chi connectivity index (χ2v) is 8.66. The van der Waals surface area contributed by atoms with Crippen LogP contribution in [0.3, 0.4) is 0 Å². The van der Waals surface area contributed by atoms with E-state index in [2.05, 4.69) is 41.3 Å². The van der Waals surface area contributed by atoms with Crippen LogP contribution in [0.5, 0.6) is 0 Å². The summed E-state index contributed by atoms with van der Waals surface area (Å²) in [5, 5.41) is 8.44. The number of allylic oxidation sites excluding steroid dienone is 3. The first kappa shape index (κ1) is 23.2. The maximum absolute atomic E-state index is 11.6. The average molecular weight is 442 g/mol. The molecule has 7 heteroatoms. The molecule has 1 aromatic heterocycles. The van der Waals surface area contributed by atoms with E-state index in [0.717, 1.165) is 29.8 Å². The Hall–Kier alpha value is -2.51. The van der Waals surface area contributed by atoms with Gasteiger partial charge in [-0.25, -0.2) is 5.43 Å². The minimum absolute atomic E-state index is 0.00545. The fourth-order valence-electron chi connectivity index (χ4n) is 3.76. The van der Waals surface area contributed by atoms with E-state index >= 15 is 0 Å². The number of carbonyl (C=O) groups is 1. The summed E-state index contributed by atoms with van der Waals surface area (Å²) in [6.45, 7) is 10.6. The van der Waals surface area contributed by atoms with E-state index in [1.807, 2.05) is 36.6 Å². The molecule has 0 bridgehead atoms. The molecule has 1 amide bonds. The van der Waals surface area contributed by atoms with Gasteiger partial charge in [-0.15, -0.1) is 0 Å². The van der Waals surface area contributed by atoms with Crippen LogP contribution in [0.25, 0.3) is 0 Å². The zero-order chi connectivity index (χ0) is 22.2. The lowest BCUT2D eigenvalue weighted by Crippen LogP contribution is -2.37. The summed E-state index contributed by atoms with van der Waals surface area (Å²) < 4.78 is 11.9. The molecule has 3 heterocycles. The maximum atomic E-state index is 11.6. The summed E-state index contributed by atoms with van der Waals surface area (Å²) >= 11 is 1.65. The topological polar surface area (TPSA) is 72.3 Å². The SMILES string of the molecule is C=CC(=CC=CC1N=C(C)C(CC(C)C2=NNC(=O)CC2CC)O1)OCc1ccsc1. The van der Waals surface area contributed by atoms with Crippen molar-refractivity contribution in [2.75, 3.05) is 0 Å². The lowest BCUT2D eigenvalue weighted by Gasteiger charge is -2.27. The Labute approximate surface area is 188 Å². The van der Waals surface area contributed by atoms with Crippen molar-refractivity contribution in [2.24, 2.45) is 21.9 Å². The first-order valence-electron chi connectivity index (χ1n) is 10.7. The summed E-state index contributed by atoms with van der Waals surface area (Å²) in [5.74, 6) is 1.11. The summed E-state index contributed by atoms with van der Waals surface area (Å²) in [6, 6.07) is 2.04. The number of amides is 1. The summed E-state index contributed by atoms with van der Waals surface area (Å²) in [4.78, 5) is 16.3. The molecule has 0 aliphatic carbocycles. The number of hydrogen-bond donors (Lipinski definition) is 1. The average Bonchev–Trinajstić information content (AvgIpc) is 3.40. The minimum atomic E-state index is -0.314. The number of aliphatic imine (C=N–C) groups is 1. The van der Waals surface area contributed by atoms with Crippen molar-refractivity contribution < 1.29 is 14.3 Å². The van der Waals surface area contributed by atoms with Crippen molar-refractivity contribution in [2.45, 2.75) is 59.0 Å². The predicted octanol–water partition coefficient (Wildman–Crippen LogP) is 5.00. The fourth-order valence-corrected chi connectivity index (χ4v) is 4.41. The number of carbonyl (C=O) groups excluding carboxylic acids is 1. The van der Waals surface area contributed by atoms with Gasteiger partial charge >= 0.3 is 0 Å². The number of ether oxygens (including phenoxy) is 2. The molecular formula is C24H31N3O3S. The van der Waals surface area contributed by atoms with Crippen LogP contribution in [-0.4, -0.2) is 29.7 Å². The molecule has 0 saturated carbocycles. The van der Waals surface area contributed by atoms with Gasteiger partial charge in [0.2, 0.25) is 5.91 Å². The Balaban J connectivity index is 1.52. The van der Waals surface area contributed by atoms with E-state index in [1.54, 1.807) is 17.4 Å². The van der Waals surface area contributed by atoms with Crippen molar-refractivity contribution in [3.05, 3.63) is 59.0 Å². The van der Waals surface area contributed by atoms with Gasteiger partial charge in [-0.05, 0) is 66.3 Å². The van der Waals surface area contributed by atoms with Crippen LogP contribution in [0.4, 0.5) is 0 Å². The number of nitrogens with zero attached hydrogens (tertiary/aromatic N) is 2. The van der Waals surface area contributed by atoms with E-state index < -0.39 is 0 Å². The van der Waals surface area contributed by atoms with Crippen molar-refractivity contribution >= 4 is 28.7 Å². The smallest absolute Gasteiger partial charge is 0.240 e. The quantitative estimate of drug-likeness (QED) is 0.410. The van der Waals surface area contributed by atoms with Crippen LogP contribution >= 0.6 is 11.3 Å². The van der Waals surface area contributed by atoms with E-state index in [0.29, 0.717) is 18.8 Å². The maximum Gasteiger partial charge on any atom is 0.240 e. The van der Waals surface area contributed by atoms with Gasteiger partial charge in [0.25, 0.3) is 0 Å². The van der Waals surface area contributed by atoms with Gasteiger partial charge in [0.05, 0.1) is 6.10 Å². The Bertz CT molecular complexity index is 886. The Morgan fingerprint density at radius 3 is 3.06 bits per heavy atom. The fraction of sp³-hybridized carbons (Fsp3) is 0.458. The van der Waals surface area contributed by atoms with Crippen molar-refractivity contribution in [3.63, 3.8) is 0 Å². The van der Waals surface area contributed by atoms with E-state index in [9.17, 15) is 4.79 Å². The van der Waals surface area contributed by atoms with Crippen molar-refractivity contribution in [3.8, 4) is 0 Å². The van der Waals surface area contributed by atoms with Gasteiger partial charge in [-0.1, -0.05) is 26.5 Å². The molecule has 0 saturated heterocycles. The van der Waals surface area contributed by atoms with E-state index in [1.165, 1.54) is 0 Å². The lowest BCUT2D eigenvalue weighted by molar-refractivity contribution is -0.122. The third kappa shape index (κ3) is 6.48. The van der Waals surface area contributed by atoms with Gasteiger partial charge in [0, 0.05) is 23.8 Å². The van der Waals surface area contributed by atoms with Crippen molar-refractivity contribution in [1.82, 2.24) is 5.43 Å². The normalized spacial score (nSPS) is 25.2. The minimum Gasteiger partial charge on any atom is -0.489 e. The number of nitrogens with one attached hydrogen (secondary N) is 1. The standard InChI is InChI=1S/C24H31N3O3S/c1-5-19-13-22(28)26-27-24(19)16(3)12-21-17(4)25-23(30-21)9-7-8-20(6-2)29-14-18-10-11-31-15-18/h6-11,15-16,19,21,23H,2,5,12-14H2,1,3-4H3,(H,26,28). The third-order valence-electron chi connectivity index (χ3n) is 5.55. The van der Waals surface area contributed by atoms with Crippen LogP contribution < -0.4 is 5.43 Å². The van der Waals surface area contributed by atoms with E-state index in [-0.39, 0.29) is 30.1 Å². The lowest BCUT2D eigenvalue weighted by atomic mass is 9.84. The molecule has 0 spiro atoms. The van der Waals surface area contributed by atoms with Gasteiger partial charge in [0.15, 0.2) is 6.23 Å². The molecule has 1 aromatic rings. The molecule has 2 aliphatic rings. The first-order valence-corrected chi connectivity index (χ1v) is 11.6. The number of hydrazone groups is 1. The summed E-state index contributed by atoms with van der Waals surface area (Å²) in [6.07, 6.45) is 9.22. The molecule has 31 heavy (non-hydrogen) atoms. The second kappa shape index (κ2) is 11.2. The molecule has 3 rings (SSSR count). The molecule has 4 unspecified atom stereocenters. The van der Waals surface area contributed by atoms with Crippen molar-refractivity contribution in [1.29, 1.82) is 0 Å². The highest BCUT2D eigenvalue weighted by Crippen LogP contribution is 2.26. The zero-order valence-electron chi connectivity index (χ0n) is 18.4. The van der Waals surface area contributed by atoms with Crippen LogP contribution in [-0.2, 0) is 20.9 Å². The third-order valence-corrected chi connectivity index (χ3v) is 6.28. The van der Waals surface area contributed by atoms with Crippen LogP contribution in [0.15, 0.2) is 63.6 Å². The molecule has 0 radical (unpaired) electrons. The summed E-state index contributed by atoms with van der Waals surface area (Å²) in [7, 11) is 0. The predicted molar refractivity (Wildman–Crippen MR) is 126 cm³/mol. The number of hydrogen-bond acceptors (Lipinski definition) is 6. The number of rotatable bonds is 10. The molecular weight excluding hydrogens is 410 g/mol. The van der Waals surface area contributed by atoms with Gasteiger partial charge in [-0.3, -0.25) is 9.79 Å². The molecule has 6 nitrogen and oxygen atoms in total. The highest BCUT2D eigenvalue weighted by Gasteiger charge is 2.31. The molecule has 4 atom stereocenters. The van der Waals surface area contributed by atoms with Gasteiger partial charge < -0.3 is 9.47 Å². The Morgan fingerprint density at radius 1 is 1.52 bits per heavy atom. The largest absolute Gasteiger partial charge is 0.489 e.